The summed E-state index contributed by atoms with van der Waals surface area (Å²) in [6.45, 7) is 2.58. The summed E-state index contributed by atoms with van der Waals surface area (Å²) in [5, 5.41) is 17.1. The van der Waals surface area contributed by atoms with E-state index in [-0.39, 0.29) is 17.2 Å². The summed E-state index contributed by atoms with van der Waals surface area (Å²) in [4.78, 5) is 0. The fourth-order valence-electron chi connectivity index (χ4n) is 2.36. The third-order valence-corrected chi connectivity index (χ3v) is 4.22. The highest BCUT2D eigenvalue weighted by Gasteiger charge is 2.15. The van der Waals surface area contributed by atoms with Crippen LogP contribution in [0.4, 0.5) is 10.3 Å². The molecule has 0 radical (unpaired) electrons. The predicted octanol–water partition coefficient (Wildman–Crippen LogP) is 4.24. The highest BCUT2D eigenvalue weighted by molar-refractivity contribution is 6.32. The van der Waals surface area contributed by atoms with Crippen LogP contribution in [0.1, 0.15) is 18.1 Å². The molecule has 3 rings (SSSR count). The first-order valence-corrected chi connectivity index (χ1v) is 8.82. The highest BCUT2D eigenvalue weighted by atomic mass is 35.5. The summed E-state index contributed by atoms with van der Waals surface area (Å²) >= 11 is 12.4. The number of halogens is 3. The molecule has 0 fully saturated rings. The SMILES string of the molecule is CCOc1cc(CNc2nn[nH]n2)cc(Cl)c1OCc1c(F)cccc1Cl. The maximum Gasteiger partial charge on any atom is 0.263 e. The van der Waals surface area contributed by atoms with Crippen LogP contribution in [0.5, 0.6) is 11.5 Å². The van der Waals surface area contributed by atoms with E-state index in [2.05, 4.69) is 25.9 Å². The zero-order valence-electron chi connectivity index (χ0n) is 14.3. The van der Waals surface area contributed by atoms with E-state index in [9.17, 15) is 4.39 Å². The van der Waals surface area contributed by atoms with Gasteiger partial charge in [-0.1, -0.05) is 34.4 Å². The molecule has 0 amide bonds. The van der Waals surface area contributed by atoms with E-state index in [1.807, 2.05) is 6.92 Å². The van der Waals surface area contributed by atoms with Crippen molar-refractivity contribution in [1.82, 2.24) is 20.6 Å². The van der Waals surface area contributed by atoms with Crippen LogP contribution in [0.25, 0.3) is 0 Å². The van der Waals surface area contributed by atoms with E-state index in [1.165, 1.54) is 12.1 Å². The van der Waals surface area contributed by atoms with Gasteiger partial charge in [0.1, 0.15) is 12.4 Å². The molecule has 0 unspecified atom stereocenters. The lowest BCUT2D eigenvalue weighted by Gasteiger charge is -2.16. The van der Waals surface area contributed by atoms with E-state index in [4.69, 9.17) is 32.7 Å². The van der Waals surface area contributed by atoms with Crippen LogP contribution in [0.15, 0.2) is 30.3 Å². The number of hydrogen-bond acceptors (Lipinski definition) is 6. The molecule has 0 aliphatic carbocycles. The van der Waals surface area contributed by atoms with E-state index >= 15 is 0 Å². The summed E-state index contributed by atoms with van der Waals surface area (Å²) in [6.07, 6.45) is 0. The first-order chi connectivity index (χ1) is 13.1. The number of hydrogen-bond donors (Lipinski definition) is 2. The molecule has 0 spiro atoms. The highest BCUT2D eigenvalue weighted by Crippen LogP contribution is 2.38. The minimum absolute atomic E-state index is 0.0776. The maximum absolute atomic E-state index is 13.9. The van der Waals surface area contributed by atoms with Crippen molar-refractivity contribution in [3.63, 3.8) is 0 Å². The molecule has 3 aromatic rings. The summed E-state index contributed by atoms with van der Waals surface area (Å²) in [5.41, 5.74) is 1.07. The number of benzene rings is 2. The minimum Gasteiger partial charge on any atom is -0.490 e. The van der Waals surface area contributed by atoms with E-state index in [0.29, 0.717) is 35.6 Å². The third-order valence-electron chi connectivity index (χ3n) is 3.59. The Morgan fingerprint density at radius 2 is 2.04 bits per heavy atom. The number of anilines is 1. The molecule has 2 N–H and O–H groups in total. The quantitative estimate of drug-likeness (QED) is 0.576. The third kappa shape index (κ3) is 4.78. The Morgan fingerprint density at radius 1 is 1.19 bits per heavy atom. The van der Waals surface area contributed by atoms with Crippen LogP contribution in [-0.4, -0.2) is 27.2 Å². The molecule has 0 aliphatic rings. The van der Waals surface area contributed by atoms with Gasteiger partial charge in [-0.25, -0.2) is 4.39 Å². The molecule has 1 heterocycles. The monoisotopic (exact) mass is 411 g/mol. The molecular formula is C17H16Cl2FN5O2. The lowest BCUT2D eigenvalue weighted by molar-refractivity contribution is 0.266. The van der Waals surface area contributed by atoms with Crippen LogP contribution in [0.3, 0.4) is 0 Å². The fourth-order valence-corrected chi connectivity index (χ4v) is 2.86. The van der Waals surface area contributed by atoms with E-state index in [0.717, 1.165) is 5.56 Å². The van der Waals surface area contributed by atoms with Crippen molar-refractivity contribution in [2.24, 2.45) is 0 Å². The van der Waals surface area contributed by atoms with Crippen LogP contribution in [0.2, 0.25) is 10.0 Å². The Kier molecular flexibility index (Phi) is 6.31. The minimum atomic E-state index is -0.447. The second kappa shape index (κ2) is 8.88. The van der Waals surface area contributed by atoms with Crippen LogP contribution in [-0.2, 0) is 13.2 Å². The Labute approximate surface area is 164 Å². The van der Waals surface area contributed by atoms with Gasteiger partial charge in [-0.05, 0) is 42.0 Å². The van der Waals surface area contributed by atoms with Crippen LogP contribution in [0, 0.1) is 5.82 Å². The summed E-state index contributed by atoms with van der Waals surface area (Å²) < 4.78 is 25.3. The van der Waals surface area contributed by atoms with E-state index < -0.39 is 5.82 Å². The second-order valence-electron chi connectivity index (χ2n) is 5.42. The lowest BCUT2D eigenvalue weighted by atomic mass is 10.2. The molecular weight excluding hydrogens is 396 g/mol. The first kappa shape index (κ1) is 19.2. The average Bonchev–Trinajstić information content (AvgIpc) is 3.15. The van der Waals surface area contributed by atoms with E-state index in [1.54, 1.807) is 18.2 Å². The van der Waals surface area contributed by atoms with Gasteiger partial charge in [0, 0.05) is 12.1 Å². The van der Waals surface area contributed by atoms with Gasteiger partial charge in [0.05, 0.1) is 16.7 Å². The van der Waals surface area contributed by atoms with Gasteiger partial charge >= 0.3 is 0 Å². The number of nitrogens with zero attached hydrogens (tertiary/aromatic N) is 3. The predicted molar refractivity (Wildman–Crippen MR) is 99.9 cm³/mol. The van der Waals surface area contributed by atoms with Crippen LogP contribution < -0.4 is 14.8 Å². The summed E-state index contributed by atoms with van der Waals surface area (Å²) in [7, 11) is 0. The number of H-pyrrole nitrogens is 1. The van der Waals surface area contributed by atoms with Crippen molar-refractivity contribution in [1.29, 1.82) is 0 Å². The van der Waals surface area contributed by atoms with Crippen molar-refractivity contribution in [3.05, 3.63) is 57.3 Å². The molecule has 0 aliphatic heterocycles. The largest absolute Gasteiger partial charge is 0.490 e. The molecule has 0 atom stereocenters. The Balaban J connectivity index is 1.79. The smallest absolute Gasteiger partial charge is 0.263 e. The van der Waals surface area contributed by atoms with Crippen LogP contribution >= 0.6 is 23.2 Å². The topological polar surface area (TPSA) is 85.0 Å². The molecule has 27 heavy (non-hydrogen) atoms. The second-order valence-corrected chi connectivity index (χ2v) is 6.23. The summed E-state index contributed by atoms with van der Waals surface area (Å²) in [6, 6.07) is 7.95. The van der Waals surface area contributed by atoms with Gasteiger partial charge in [0.2, 0.25) is 0 Å². The van der Waals surface area contributed by atoms with Gasteiger partial charge in [-0.3, -0.25) is 0 Å². The zero-order valence-corrected chi connectivity index (χ0v) is 15.8. The van der Waals surface area contributed by atoms with Crippen molar-refractivity contribution in [2.45, 2.75) is 20.1 Å². The van der Waals surface area contributed by atoms with Crippen molar-refractivity contribution in [2.75, 3.05) is 11.9 Å². The molecule has 0 saturated heterocycles. The molecule has 10 heteroatoms. The van der Waals surface area contributed by atoms with Crippen molar-refractivity contribution in [3.8, 4) is 11.5 Å². The number of ether oxygens (including phenoxy) is 2. The normalized spacial score (nSPS) is 10.7. The molecule has 7 nitrogen and oxygen atoms in total. The standard InChI is InChI=1S/C17H16Cl2FN5O2/c1-2-26-15-7-10(8-21-17-22-24-25-23-17)6-13(19)16(15)27-9-11-12(18)4-3-5-14(11)20/h3-7H,2,8-9H2,1H3,(H2,21,22,23,24,25). The van der Waals surface area contributed by atoms with Crippen molar-refractivity contribution < 1.29 is 13.9 Å². The molecule has 0 bridgehead atoms. The number of aromatic nitrogens is 4. The van der Waals surface area contributed by atoms with Gasteiger partial charge in [-0.2, -0.15) is 5.21 Å². The summed E-state index contributed by atoms with van der Waals surface area (Å²) in [5.74, 6) is 0.680. The van der Waals surface area contributed by atoms with Gasteiger partial charge in [-0.15, -0.1) is 5.10 Å². The Bertz CT molecular complexity index is 888. The lowest BCUT2D eigenvalue weighted by Crippen LogP contribution is -2.05. The number of aromatic amines is 1. The fraction of sp³-hybridized carbons (Fsp3) is 0.235. The average molecular weight is 412 g/mol. The Morgan fingerprint density at radius 3 is 2.74 bits per heavy atom. The molecule has 142 valence electrons. The maximum atomic E-state index is 13.9. The van der Waals surface area contributed by atoms with Gasteiger partial charge in [0.25, 0.3) is 5.95 Å². The molecule has 1 aromatic heterocycles. The Hall–Kier alpha value is -2.58. The number of tetrazole rings is 1. The molecule has 0 saturated carbocycles. The van der Waals surface area contributed by atoms with Gasteiger partial charge in [0.15, 0.2) is 11.5 Å². The molecule has 2 aromatic carbocycles. The van der Waals surface area contributed by atoms with Crippen molar-refractivity contribution >= 4 is 29.2 Å². The number of rotatable bonds is 8. The van der Waals surface area contributed by atoms with Gasteiger partial charge < -0.3 is 14.8 Å². The number of nitrogens with one attached hydrogen (secondary N) is 2. The zero-order chi connectivity index (χ0) is 19.2. The first-order valence-electron chi connectivity index (χ1n) is 8.06.